The average molecular weight is 306 g/mol. The molecule has 0 fully saturated rings. The van der Waals surface area contributed by atoms with Crippen LogP contribution in [0.4, 0.5) is 11.8 Å². The van der Waals surface area contributed by atoms with Crippen molar-refractivity contribution in [1.29, 1.82) is 0 Å². The van der Waals surface area contributed by atoms with Gasteiger partial charge in [0.2, 0.25) is 5.95 Å². The van der Waals surface area contributed by atoms with Gasteiger partial charge < -0.3 is 10.6 Å². The third-order valence-electron chi connectivity index (χ3n) is 3.31. The highest BCUT2D eigenvalue weighted by atomic mass is 15.3. The number of pyridine rings is 1. The molecule has 1 aromatic carbocycles. The van der Waals surface area contributed by atoms with Crippen LogP contribution in [0, 0.1) is 6.92 Å². The molecule has 0 radical (unpaired) electrons. The molecular weight excluding hydrogens is 288 g/mol. The van der Waals surface area contributed by atoms with Crippen LogP contribution in [-0.4, -0.2) is 20.2 Å². The molecule has 0 aliphatic carbocycles. The van der Waals surface area contributed by atoms with Gasteiger partial charge in [0.15, 0.2) is 5.82 Å². The van der Waals surface area contributed by atoms with E-state index in [0.29, 0.717) is 24.9 Å². The summed E-state index contributed by atoms with van der Waals surface area (Å²) in [6, 6.07) is 12.2. The predicted octanol–water partition coefficient (Wildman–Crippen LogP) is 2.80. The molecule has 116 valence electrons. The van der Waals surface area contributed by atoms with Crippen LogP contribution in [0.2, 0.25) is 0 Å². The highest BCUT2D eigenvalue weighted by molar-refractivity contribution is 5.38. The average Bonchev–Trinajstić information content (AvgIpc) is 2.60. The van der Waals surface area contributed by atoms with Crippen LogP contribution in [0.25, 0.3) is 0 Å². The first-order valence-corrected chi connectivity index (χ1v) is 7.41. The summed E-state index contributed by atoms with van der Waals surface area (Å²) >= 11 is 0. The maximum absolute atomic E-state index is 4.41. The van der Waals surface area contributed by atoms with Crippen LogP contribution in [0.5, 0.6) is 0 Å². The smallest absolute Gasteiger partial charge is 0.244 e. The first-order chi connectivity index (χ1) is 11.3. The fourth-order valence-electron chi connectivity index (χ4n) is 2.16. The Morgan fingerprint density at radius 3 is 2.61 bits per heavy atom. The first-order valence-electron chi connectivity index (χ1n) is 7.41. The molecule has 0 atom stereocenters. The zero-order valence-electron chi connectivity index (χ0n) is 12.9. The van der Waals surface area contributed by atoms with Crippen LogP contribution < -0.4 is 10.6 Å². The number of aromatic nitrogens is 4. The Morgan fingerprint density at radius 1 is 0.957 bits per heavy atom. The molecule has 2 N–H and O–H groups in total. The summed E-state index contributed by atoms with van der Waals surface area (Å²) in [5, 5.41) is 14.4. The van der Waals surface area contributed by atoms with Crippen LogP contribution in [-0.2, 0) is 13.1 Å². The van der Waals surface area contributed by atoms with Crippen molar-refractivity contribution >= 4 is 11.8 Å². The van der Waals surface area contributed by atoms with Crippen molar-refractivity contribution in [3.8, 4) is 0 Å². The van der Waals surface area contributed by atoms with Gasteiger partial charge in [-0.1, -0.05) is 29.8 Å². The van der Waals surface area contributed by atoms with Crippen molar-refractivity contribution < 1.29 is 0 Å². The molecule has 0 saturated carbocycles. The molecule has 3 rings (SSSR count). The van der Waals surface area contributed by atoms with Crippen molar-refractivity contribution in [3.63, 3.8) is 0 Å². The van der Waals surface area contributed by atoms with Crippen molar-refractivity contribution in [3.05, 3.63) is 71.7 Å². The second-order valence-electron chi connectivity index (χ2n) is 5.22. The minimum Gasteiger partial charge on any atom is -0.365 e. The SMILES string of the molecule is Cc1cccc(CNc2nncc(NCc3ccncc3)n2)c1. The highest BCUT2D eigenvalue weighted by Crippen LogP contribution is 2.09. The van der Waals surface area contributed by atoms with E-state index in [4.69, 9.17) is 0 Å². The Balaban J connectivity index is 1.59. The second-order valence-corrected chi connectivity index (χ2v) is 5.22. The molecule has 2 heterocycles. The van der Waals surface area contributed by atoms with Gasteiger partial charge in [0, 0.05) is 25.5 Å². The third kappa shape index (κ3) is 4.47. The van der Waals surface area contributed by atoms with Gasteiger partial charge in [-0.2, -0.15) is 10.1 Å². The van der Waals surface area contributed by atoms with E-state index in [1.807, 2.05) is 18.2 Å². The van der Waals surface area contributed by atoms with Crippen LogP contribution >= 0.6 is 0 Å². The minimum atomic E-state index is 0.506. The lowest BCUT2D eigenvalue weighted by Crippen LogP contribution is -2.08. The zero-order valence-corrected chi connectivity index (χ0v) is 12.9. The van der Waals surface area contributed by atoms with Gasteiger partial charge in [0.25, 0.3) is 0 Å². The Bertz CT molecular complexity index is 760. The summed E-state index contributed by atoms with van der Waals surface area (Å²) in [6.07, 6.45) is 5.15. The number of anilines is 2. The number of hydrogen-bond donors (Lipinski definition) is 2. The largest absolute Gasteiger partial charge is 0.365 e. The number of hydrogen-bond acceptors (Lipinski definition) is 6. The lowest BCUT2D eigenvalue weighted by Gasteiger charge is -2.08. The van der Waals surface area contributed by atoms with Crippen molar-refractivity contribution in [1.82, 2.24) is 20.2 Å². The van der Waals surface area contributed by atoms with E-state index in [9.17, 15) is 0 Å². The fraction of sp³-hybridized carbons (Fsp3) is 0.176. The van der Waals surface area contributed by atoms with Gasteiger partial charge in [0.1, 0.15) is 0 Å². The molecule has 0 spiro atoms. The maximum Gasteiger partial charge on any atom is 0.244 e. The number of nitrogens with zero attached hydrogens (tertiary/aromatic N) is 4. The summed E-state index contributed by atoms with van der Waals surface area (Å²) in [4.78, 5) is 8.41. The van der Waals surface area contributed by atoms with Gasteiger partial charge in [-0.05, 0) is 30.2 Å². The molecule has 2 aromatic heterocycles. The van der Waals surface area contributed by atoms with E-state index in [-0.39, 0.29) is 0 Å². The summed E-state index contributed by atoms with van der Waals surface area (Å²) < 4.78 is 0. The van der Waals surface area contributed by atoms with Gasteiger partial charge >= 0.3 is 0 Å². The molecule has 0 amide bonds. The molecule has 0 aliphatic rings. The van der Waals surface area contributed by atoms with E-state index < -0.39 is 0 Å². The zero-order chi connectivity index (χ0) is 15.9. The number of rotatable bonds is 6. The molecule has 0 aliphatic heterocycles. The molecule has 0 saturated heterocycles. The van der Waals surface area contributed by atoms with Gasteiger partial charge in [-0.3, -0.25) is 4.98 Å². The van der Waals surface area contributed by atoms with E-state index in [2.05, 4.69) is 55.9 Å². The topological polar surface area (TPSA) is 75.6 Å². The Hall–Kier alpha value is -3.02. The summed E-state index contributed by atoms with van der Waals surface area (Å²) in [7, 11) is 0. The molecular formula is C17H18N6. The Kier molecular flexibility index (Phi) is 4.73. The fourth-order valence-corrected chi connectivity index (χ4v) is 2.16. The second kappa shape index (κ2) is 7.31. The monoisotopic (exact) mass is 306 g/mol. The van der Waals surface area contributed by atoms with Crippen LogP contribution in [0.1, 0.15) is 16.7 Å². The molecule has 6 heteroatoms. The standard InChI is InChI=1S/C17H18N6/c1-13-3-2-4-15(9-13)11-20-17-22-16(12-21-23-17)19-10-14-5-7-18-8-6-14/h2-9,12H,10-11H2,1H3,(H2,19,20,22,23). The van der Waals surface area contributed by atoms with E-state index >= 15 is 0 Å². The van der Waals surface area contributed by atoms with Crippen molar-refractivity contribution in [2.24, 2.45) is 0 Å². The Labute approximate surface area is 135 Å². The molecule has 6 nitrogen and oxygen atoms in total. The third-order valence-corrected chi connectivity index (χ3v) is 3.31. The van der Waals surface area contributed by atoms with Gasteiger partial charge in [-0.25, -0.2) is 0 Å². The van der Waals surface area contributed by atoms with Gasteiger partial charge in [-0.15, -0.1) is 5.10 Å². The quantitative estimate of drug-likeness (QED) is 0.729. The van der Waals surface area contributed by atoms with Crippen LogP contribution in [0.3, 0.4) is 0 Å². The lowest BCUT2D eigenvalue weighted by molar-refractivity contribution is 0.936. The minimum absolute atomic E-state index is 0.506. The predicted molar refractivity (Wildman–Crippen MR) is 89.9 cm³/mol. The van der Waals surface area contributed by atoms with Crippen molar-refractivity contribution in [2.75, 3.05) is 10.6 Å². The lowest BCUT2D eigenvalue weighted by atomic mass is 10.1. The molecule has 0 bridgehead atoms. The van der Waals surface area contributed by atoms with Crippen molar-refractivity contribution in [2.45, 2.75) is 20.0 Å². The summed E-state index contributed by atoms with van der Waals surface area (Å²) in [5.41, 5.74) is 3.55. The van der Waals surface area contributed by atoms with E-state index in [0.717, 1.165) is 5.56 Å². The van der Waals surface area contributed by atoms with Gasteiger partial charge in [0.05, 0.1) is 6.20 Å². The van der Waals surface area contributed by atoms with E-state index in [1.54, 1.807) is 18.6 Å². The van der Waals surface area contributed by atoms with Crippen LogP contribution in [0.15, 0.2) is 55.0 Å². The highest BCUT2D eigenvalue weighted by Gasteiger charge is 2.01. The summed E-state index contributed by atoms with van der Waals surface area (Å²) in [6.45, 7) is 3.40. The maximum atomic E-state index is 4.41. The first kappa shape index (κ1) is 14.9. The summed E-state index contributed by atoms with van der Waals surface area (Å²) in [5.74, 6) is 1.19. The van der Waals surface area contributed by atoms with E-state index in [1.165, 1.54) is 11.1 Å². The Morgan fingerprint density at radius 2 is 1.78 bits per heavy atom. The molecule has 0 unspecified atom stereocenters. The number of nitrogens with one attached hydrogen (secondary N) is 2. The molecule has 23 heavy (non-hydrogen) atoms. The normalized spacial score (nSPS) is 10.3. The molecule has 3 aromatic rings. The number of benzene rings is 1. The number of aryl methyl sites for hydroxylation is 1.